The maximum atomic E-state index is 9.89. The molecule has 4 nitrogen and oxygen atoms in total. The van der Waals surface area contributed by atoms with Crippen LogP contribution in [0.15, 0.2) is 6.07 Å². The fourth-order valence-corrected chi connectivity index (χ4v) is 2.06. The molecule has 0 amide bonds. The lowest BCUT2D eigenvalue weighted by Crippen LogP contribution is -2.40. The van der Waals surface area contributed by atoms with Crippen LogP contribution in [0.5, 0.6) is 5.88 Å². The first-order valence-corrected chi connectivity index (χ1v) is 5.02. The predicted octanol–water partition coefficient (Wildman–Crippen LogP) is 0.970. The largest absolute Gasteiger partial charge is 0.444 e. The van der Waals surface area contributed by atoms with Crippen LogP contribution in [-0.2, 0) is 12.8 Å². The molecule has 0 aliphatic heterocycles. The first-order chi connectivity index (χ1) is 7.27. The number of hydrogen-bond donors (Lipinski definition) is 1. The number of aryl methyl sites for hydroxylation is 1. The molecular formula is C11H13N2O2+. The van der Waals surface area contributed by atoms with E-state index in [0.717, 1.165) is 41.7 Å². The number of fused-ring (bicyclic) bond motifs is 1. The van der Waals surface area contributed by atoms with E-state index in [4.69, 9.17) is 10.00 Å². The molecule has 2 rings (SSSR count). The monoisotopic (exact) mass is 205 g/mol. The molecule has 4 heteroatoms. The van der Waals surface area contributed by atoms with Gasteiger partial charge in [-0.15, -0.1) is 0 Å². The van der Waals surface area contributed by atoms with E-state index >= 15 is 0 Å². The molecule has 1 aliphatic carbocycles. The van der Waals surface area contributed by atoms with Crippen LogP contribution in [0.2, 0.25) is 0 Å². The minimum absolute atomic E-state index is 0.234. The molecule has 1 heterocycles. The van der Waals surface area contributed by atoms with Crippen LogP contribution in [0.25, 0.3) is 0 Å². The molecule has 1 N–H and O–H groups in total. The van der Waals surface area contributed by atoms with Crippen LogP contribution < -0.4 is 9.47 Å². The van der Waals surface area contributed by atoms with E-state index in [9.17, 15) is 5.21 Å². The second-order valence-electron chi connectivity index (χ2n) is 3.67. The van der Waals surface area contributed by atoms with Crippen molar-refractivity contribution in [1.82, 2.24) is 0 Å². The predicted molar refractivity (Wildman–Crippen MR) is 51.7 cm³/mol. The SMILES string of the molecule is COc1c(C#N)cc2c([n+]1O)CCCC2. The van der Waals surface area contributed by atoms with Crippen LogP contribution in [0.3, 0.4) is 0 Å². The average molecular weight is 205 g/mol. The lowest BCUT2D eigenvalue weighted by Gasteiger charge is -2.12. The molecular weight excluding hydrogens is 192 g/mol. The Bertz CT molecular complexity index is 435. The summed E-state index contributed by atoms with van der Waals surface area (Å²) in [6.07, 6.45) is 3.95. The van der Waals surface area contributed by atoms with Gasteiger partial charge in [-0.25, -0.2) is 0 Å². The van der Waals surface area contributed by atoms with Crippen molar-refractivity contribution < 1.29 is 14.7 Å². The minimum Gasteiger partial charge on any atom is -0.444 e. The molecule has 15 heavy (non-hydrogen) atoms. The van der Waals surface area contributed by atoms with E-state index in [1.807, 2.05) is 12.1 Å². The van der Waals surface area contributed by atoms with Gasteiger partial charge in [0, 0.05) is 12.0 Å². The Hall–Kier alpha value is -1.76. The van der Waals surface area contributed by atoms with Gasteiger partial charge in [-0.05, 0) is 25.3 Å². The number of rotatable bonds is 1. The number of nitriles is 1. The number of nitrogens with zero attached hydrogens (tertiary/aromatic N) is 2. The van der Waals surface area contributed by atoms with Crippen molar-refractivity contribution in [3.8, 4) is 11.9 Å². The maximum absolute atomic E-state index is 9.89. The third-order valence-electron chi connectivity index (χ3n) is 2.79. The first-order valence-electron chi connectivity index (χ1n) is 5.02. The number of methoxy groups -OCH3 is 1. The van der Waals surface area contributed by atoms with Crippen LogP contribution in [0.4, 0.5) is 0 Å². The van der Waals surface area contributed by atoms with Gasteiger partial charge < -0.3 is 4.74 Å². The van der Waals surface area contributed by atoms with Crippen LogP contribution >= 0.6 is 0 Å². The standard InChI is InChI=1S/C11H13N2O2/c1-15-11-9(7-12)6-8-4-2-3-5-10(8)13(11)14/h6,14H,2-5H2,1H3/q+1. The number of hydrogen-bond acceptors (Lipinski definition) is 3. The Morgan fingerprint density at radius 3 is 2.87 bits per heavy atom. The first kappa shape index (κ1) is 9.78. The summed E-state index contributed by atoms with van der Waals surface area (Å²) < 4.78 is 6.04. The molecule has 0 fully saturated rings. The van der Waals surface area contributed by atoms with Crippen molar-refractivity contribution in [1.29, 1.82) is 5.26 Å². The van der Waals surface area contributed by atoms with E-state index in [-0.39, 0.29) is 5.88 Å². The van der Waals surface area contributed by atoms with Crippen molar-refractivity contribution in [2.24, 2.45) is 0 Å². The second kappa shape index (κ2) is 3.77. The Balaban J connectivity index is 2.63. The number of aromatic nitrogens is 1. The van der Waals surface area contributed by atoms with Gasteiger partial charge in [-0.1, -0.05) is 0 Å². The molecule has 1 aromatic heterocycles. The van der Waals surface area contributed by atoms with Gasteiger partial charge in [0.05, 0.1) is 11.8 Å². The molecule has 0 aromatic carbocycles. The molecule has 0 spiro atoms. The van der Waals surface area contributed by atoms with E-state index in [1.54, 1.807) is 0 Å². The molecule has 0 unspecified atom stereocenters. The van der Waals surface area contributed by atoms with E-state index in [2.05, 4.69) is 0 Å². The number of ether oxygens (including phenoxy) is 1. The van der Waals surface area contributed by atoms with Crippen molar-refractivity contribution in [3.63, 3.8) is 0 Å². The van der Waals surface area contributed by atoms with Crippen LogP contribution in [-0.4, -0.2) is 12.3 Å². The Morgan fingerprint density at radius 2 is 2.20 bits per heavy atom. The third-order valence-corrected chi connectivity index (χ3v) is 2.79. The molecule has 78 valence electrons. The van der Waals surface area contributed by atoms with Crippen molar-refractivity contribution in [2.45, 2.75) is 25.7 Å². The van der Waals surface area contributed by atoms with Crippen LogP contribution in [0.1, 0.15) is 29.7 Å². The normalized spacial score (nSPS) is 14.1. The van der Waals surface area contributed by atoms with Gasteiger partial charge in [0.25, 0.3) is 0 Å². The van der Waals surface area contributed by atoms with E-state index < -0.39 is 0 Å². The Labute approximate surface area is 88.3 Å². The smallest absolute Gasteiger partial charge is 0.434 e. The Morgan fingerprint density at radius 1 is 1.47 bits per heavy atom. The third kappa shape index (κ3) is 1.50. The van der Waals surface area contributed by atoms with Gasteiger partial charge in [0.15, 0.2) is 5.56 Å². The van der Waals surface area contributed by atoms with Gasteiger partial charge in [-0.2, -0.15) is 5.26 Å². The molecule has 0 saturated heterocycles. The Kier molecular flexibility index (Phi) is 2.46. The number of pyridine rings is 1. The molecule has 0 bridgehead atoms. The summed E-state index contributed by atoms with van der Waals surface area (Å²) in [5, 5.41) is 18.8. The van der Waals surface area contributed by atoms with E-state index in [0.29, 0.717) is 5.56 Å². The summed E-state index contributed by atoms with van der Waals surface area (Å²) in [6, 6.07) is 3.85. The van der Waals surface area contributed by atoms with Gasteiger partial charge in [0.1, 0.15) is 6.07 Å². The lowest BCUT2D eigenvalue weighted by molar-refractivity contribution is -0.911. The molecule has 1 aliphatic rings. The van der Waals surface area contributed by atoms with Gasteiger partial charge >= 0.3 is 5.88 Å². The topological polar surface area (TPSA) is 57.1 Å². The maximum Gasteiger partial charge on any atom is 0.434 e. The zero-order valence-corrected chi connectivity index (χ0v) is 8.66. The summed E-state index contributed by atoms with van der Waals surface area (Å²) in [6.45, 7) is 0. The summed E-state index contributed by atoms with van der Waals surface area (Å²) >= 11 is 0. The summed E-state index contributed by atoms with van der Waals surface area (Å²) in [4.78, 5) is 0. The highest BCUT2D eigenvalue weighted by Gasteiger charge is 2.28. The fourth-order valence-electron chi connectivity index (χ4n) is 2.06. The lowest BCUT2D eigenvalue weighted by atomic mass is 9.95. The summed E-state index contributed by atoms with van der Waals surface area (Å²) in [7, 11) is 1.46. The van der Waals surface area contributed by atoms with Crippen molar-refractivity contribution in [3.05, 3.63) is 22.9 Å². The quantitative estimate of drug-likeness (QED) is 0.549. The van der Waals surface area contributed by atoms with Crippen LogP contribution in [0, 0.1) is 11.3 Å². The highest BCUT2D eigenvalue weighted by Crippen LogP contribution is 2.23. The van der Waals surface area contributed by atoms with Gasteiger partial charge in [0.2, 0.25) is 5.69 Å². The van der Waals surface area contributed by atoms with Crippen molar-refractivity contribution in [2.75, 3.05) is 7.11 Å². The summed E-state index contributed by atoms with van der Waals surface area (Å²) in [5.41, 5.74) is 2.32. The molecule has 0 atom stereocenters. The average Bonchev–Trinajstić information content (AvgIpc) is 2.29. The molecule has 0 saturated carbocycles. The molecule has 1 aromatic rings. The van der Waals surface area contributed by atoms with Crippen molar-refractivity contribution >= 4 is 0 Å². The second-order valence-corrected chi connectivity index (χ2v) is 3.67. The highest BCUT2D eigenvalue weighted by atomic mass is 16.5. The highest BCUT2D eigenvalue weighted by molar-refractivity contribution is 5.39. The summed E-state index contributed by atoms with van der Waals surface area (Å²) in [5.74, 6) is 0.234. The van der Waals surface area contributed by atoms with Gasteiger partial charge in [-0.3, -0.25) is 5.21 Å². The van der Waals surface area contributed by atoms with E-state index in [1.165, 1.54) is 7.11 Å². The minimum atomic E-state index is 0.234. The molecule has 0 radical (unpaired) electrons. The zero-order chi connectivity index (χ0) is 10.8. The zero-order valence-electron chi connectivity index (χ0n) is 8.66. The fraction of sp³-hybridized carbons (Fsp3) is 0.455.